The molecule has 3 aliphatic rings. The number of hydrogen-bond donors (Lipinski definition) is 0. The molecule has 0 saturated heterocycles. The molecule has 144 valence electrons. The van der Waals surface area contributed by atoms with Gasteiger partial charge in [-0.15, -0.1) is 0 Å². The van der Waals surface area contributed by atoms with Crippen molar-refractivity contribution in [2.45, 2.75) is 24.3 Å². The van der Waals surface area contributed by atoms with Gasteiger partial charge in [0, 0.05) is 29.4 Å². The van der Waals surface area contributed by atoms with Crippen LogP contribution in [0, 0.1) is 0 Å². The number of para-hydroxylation sites is 1. The molecule has 29 heavy (non-hydrogen) atoms. The largest absolute Gasteiger partial charge is 0.362 e. The number of carbonyl (C=O) groups is 1. The number of nitrogens with zero attached hydrogens (tertiary/aromatic N) is 2. The van der Waals surface area contributed by atoms with Crippen LogP contribution in [0.4, 0.5) is 11.4 Å². The second-order valence-electron chi connectivity index (χ2n) is 8.35. The Hall–Kier alpha value is -2.59. The molecule has 3 nitrogen and oxygen atoms in total. The lowest BCUT2D eigenvalue weighted by atomic mass is 9.64. The molecule has 1 amide bonds. The van der Waals surface area contributed by atoms with E-state index in [0.29, 0.717) is 0 Å². The Labute approximate surface area is 179 Å². The molecular formula is C25H21BrN2O. The number of benzene rings is 3. The summed E-state index contributed by atoms with van der Waals surface area (Å²) in [4.78, 5) is 18.3. The number of fused-ring (bicyclic) bond motifs is 8. The van der Waals surface area contributed by atoms with Crippen LogP contribution in [-0.4, -0.2) is 19.5 Å². The highest BCUT2D eigenvalue weighted by Crippen LogP contribution is 2.58. The normalized spacial score (nSPS) is 24.2. The lowest BCUT2D eigenvalue weighted by molar-refractivity contribution is -0.124. The molecule has 6 rings (SSSR count). The van der Waals surface area contributed by atoms with Crippen molar-refractivity contribution < 1.29 is 4.79 Å². The molecule has 2 atom stereocenters. The van der Waals surface area contributed by atoms with Gasteiger partial charge < -0.3 is 9.80 Å². The van der Waals surface area contributed by atoms with Crippen molar-refractivity contribution in [1.82, 2.24) is 0 Å². The van der Waals surface area contributed by atoms with Crippen LogP contribution < -0.4 is 9.80 Å². The summed E-state index contributed by atoms with van der Waals surface area (Å²) in [6.07, 6.45) is 1.73. The molecule has 0 fully saturated rings. The Morgan fingerprint density at radius 1 is 0.966 bits per heavy atom. The molecule has 0 aliphatic carbocycles. The Kier molecular flexibility index (Phi) is 3.55. The van der Waals surface area contributed by atoms with Crippen molar-refractivity contribution in [3.05, 3.63) is 93.5 Å². The molecule has 0 radical (unpaired) electrons. The van der Waals surface area contributed by atoms with Gasteiger partial charge in [-0.1, -0.05) is 64.5 Å². The van der Waals surface area contributed by atoms with Gasteiger partial charge in [0.1, 0.15) is 5.41 Å². The first-order valence-electron chi connectivity index (χ1n) is 10.1. The van der Waals surface area contributed by atoms with Crippen LogP contribution in [0.2, 0.25) is 0 Å². The van der Waals surface area contributed by atoms with Crippen molar-refractivity contribution in [3.63, 3.8) is 0 Å². The summed E-state index contributed by atoms with van der Waals surface area (Å²) in [6.45, 7) is 0.923. The van der Waals surface area contributed by atoms with Crippen LogP contribution in [0.1, 0.15) is 28.3 Å². The molecule has 0 unspecified atom stereocenters. The monoisotopic (exact) mass is 444 g/mol. The first kappa shape index (κ1) is 17.3. The van der Waals surface area contributed by atoms with E-state index in [1.165, 1.54) is 22.4 Å². The van der Waals surface area contributed by atoms with Gasteiger partial charge in [-0.3, -0.25) is 4.79 Å². The molecule has 3 aliphatic heterocycles. The second-order valence-corrected chi connectivity index (χ2v) is 9.26. The maximum atomic E-state index is 14.0. The van der Waals surface area contributed by atoms with Gasteiger partial charge in [-0.05, 0) is 53.3 Å². The van der Waals surface area contributed by atoms with Gasteiger partial charge >= 0.3 is 0 Å². The Morgan fingerprint density at radius 2 is 1.76 bits per heavy atom. The maximum Gasteiger partial charge on any atom is 0.240 e. The lowest BCUT2D eigenvalue weighted by Gasteiger charge is -2.52. The zero-order chi connectivity index (χ0) is 19.8. The van der Waals surface area contributed by atoms with Crippen LogP contribution in [0.3, 0.4) is 0 Å². The minimum Gasteiger partial charge on any atom is -0.362 e. The minimum absolute atomic E-state index is 0.00727. The van der Waals surface area contributed by atoms with E-state index in [4.69, 9.17) is 0 Å². The fourth-order valence-electron chi connectivity index (χ4n) is 5.81. The summed E-state index contributed by atoms with van der Waals surface area (Å²) in [5, 5.41) is 0. The quantitative estimate of drug-likeness (QED) is 0.485. The summed E-state index contributed by atoms with van der Waals surface area (Å²) in [5.74, 6) is 0.207. The van der Waals surface area contributed by atoms with Crippen molar-refractivity contribution in [3.8, 4) is 0 Å². The van der Waals surface area contributed by atoms with E-state index >= 15 is 0 Å². The molecule has 1 spiro atoms. The van der Waals surface area contributed by atoms with E-state index in [1.54, 1.807) is 0 Å². The first-order valence-corrected chi connectivity index (χ1v) is 10.9. The first-order chi connectivity index (χ1) is 14.1. The van der Waals surface area contributed by atoms with E-state index in [0.717, 1.165) is 35.1 Å². The minimum atomic E-state index is -0.595. The smallest absolute Gasteiger partial charge is 0.240 e. The van der Waals surface area contributed by atoms with Gasteiger partial charge in [0.25, 0.3) is 0 Å². The van der Waals surface area contributed by atoms with Crippen LogP contribution in [0.15, 0.2) is 71.2 Å². The fourth-order valence-corrected chi connectivity index (χ4v) is 6.16. The van der Waals surface area contributed by atoms with E-state index in [1.807, 2.05) is 18.0 Å². The molecular weight excluding hydrogens is 424 g/mol. The summed E-state index contributed by atoms with van der Waals surface area (Å²) in [7, 11) is 1.92. The zero-order valence-corrected chi connectivity index (χ0v) is 17.8. The highest BCUT2D eigenvalue weighted by Gasteiger charge is 2.60. The van der Waals surface area contributed by atoms with E-state index < -0.39 is 5.41 Å². The number of halogens is 1. The second kappa shape index (κ2) is 5.96. The van der Waals surface area contributed by atoms with E-state index in [2.05, 4.69) is 81.5 Å². The van der Waals surface area contributed by atoms with Gasteiger partial charge in [-0.2, -0.15) is 0 Å². The van der Waals surface area contributed by atoms with E-state index in [-0.39, 0.29) is 11.9 Å². The van der Waals surface area contributed by atoms with E-state index in [9.17, 15) is 4.79 Å². The molecule has 0 aromatic heterocycles. The maximum absolute atomic E-state index is 14.0. The highest BCUT2D eigenvalue weighted by molar-refractivity contribution is 9.10. The van der Waals surface area contributed by atoms with Crippen molar-refractivity contribution in [1.29, 1.82) is 0 Å². The molecule has 3 aromatic rings. The molecule has 0 saturated carbocycles. The average molecular weight is 445 g/mol. The van der Waals surface area contributed by atoms with Crippen molar-refractivity contribution in [2.24, 2.45) is 0 Å². The Bertz CT molecular complexity index is 1170. The predicted octanol–water partition coefficient (Wildman–Crippen LogP) is 5.02. The standard InChI is InChI=1S/C25H21BrN2O/c1-27-21-9-5-4-8-20(21)25(24(27)29)15-17-10-11-18(26)14-22(17)28-13-12-16-6-2-3-7-19(16)23(25)28/h2-11,14,23H,12-13,15H2,1H3/t23-,25-/m0/s1. The number of anilines is 2. The third-order valence-electron chi connectivity index (χ3n) is 7.01. The topological polar surface area (TPSA) is 23.6 Å². The number of carbonyl (C=O) groups excluding carboxylic acids is 1. The molecule has 3 heterocycles. The molecule has 0 N–H and O–H groups in total. The number of likely N-dealkylation sites (N-methyl/N-ethyl adjacent to an activating group) is 1. The number of hydrogen-bond acceptors (Lipinski definition) is 2. The Balaban J connectivity index is 1.69. The summed E-state index contributed by atoms with van der Waals surface area (Å²) in [5.41, 5.74) is 6.78. The lowest BCUT2D eigenvalue weighted by Crippen LogP contribution is -2.56. The summed E-state index contributed by atoms with van der Waals surface area (Å²) < 4.78 is 1.08. The zero-order valence-electron chi connectivity index (χ0n) is 16.2. The van der Waals surface area contributed by atoms with Gasteiger partial charge in [0.15, 0.2) is 0 Å². The van der Waals surface area contributed by atoms with Gasteiger partial charge in [0.05, 0.1) is 6.04 Å². The van der Waals surface area contributed by atoms with Gasteiger partial charge in [-0.25, -0.2) is 0 Å². The fraction of sp³-hybridized carbons (Fsp3) is 0.240. The summed E-state index contributed by atoms with van der Waals surface area (Å²) in [6, 6.07) is 23.5. The predicted molar refractivity (Wildman–Crippen MR) is 120 cm³/mol. The van der Waals surface area contributed by atoms with Crippen LogP contribution in [0.5, 0.6) is 0 Å². The third kappa shape index (κ3) is 2.15. The Morgan fingerprint density at radius 3 is 2.66 bits per heavy atom. The van der Waals surface area contributed by atoms with Crippen LogP contribution in [0.25, 0.3) is 0 Å². The number of amides is 1. The van der Waals surface area contributed by atoms with Crippen molar-refractivity contribution in [2.75, 3.05) is 23.4 Å². The number of rotatable bonds is 0. The van der Waals surface area contributed by atoms with Crippen LogP contribution in [-0.2, 0) is 23.1 Å². The third-order valence-corrected chi connectivity index (χ3v) is 7.50. The molecule has 0 bridgehead atoms. The summed E-state index contributed by atoms with van der Waals surface area (Å²) >= 11 is 3.66. The van der Waals surface area contributed by atoms with Gasteiger partial charge in [0.2, 0.25) is 5.91 Å². The highest BCUT2D eigenvalue weighted by atomic mass is 79.9. The van der Waals surface area contributed by atoms with Crippen LogP contribution >= 0.6 is 15.9 Å². The van der Waals surface area contributed by atoms with Crippen molar-refractivity contribution >= 4 is 33.2 Å². The molecule has 4 heteroatoms. The SMILES string of the molecule is CN1C(=O)[C@@]2(Cc3ccc(Br)cc3N3CCc4ccccc4[C@H]32)c2ccccc21. The molecule has 3 aromatic carbocycles. The average Bonchev–Trinajstić information content (AvgIpc) is 2.96.